The lowest BCUT2D eigenvalue weighted by atomic mass is 10.1. The molecule has 2 N–H and O–H groups in total. The number of hydrogen-bond donors (Lipinski definition) is 2. The first-order valence-electron chi connectivity index (χ1n) is 8.46. The van der Waals surface area contributed by atoms with E-state index < -0.39 is 0 Å². The Morgan fingerprint density at radius 3 is 2.38 bits per heavy atom. The Bertz CT molecular complexity index is 858. The number of halogens is 1. The largest absolute Gasteiger partial charge is 0.366 e. The first-order chi connectivity index (χ1) is 12.4. The van der Waals surface area contributed by atoms with Gasteiger partial charge in [0.25, 0.3) is 0 Å². The average molecular weight is 412 g/mol. The molecule has 0 saturated heterocycles. The molecule has 6 heteroatoms. The van der Waals surface area contributed by atoms with Gasteiger partial charge in [-0.2, -0.15) is 4.98 Å². The van der Waals surface area contributed by atoms with E-state index in [9.17, 15) is 0 Å². The molecule has 0 aliphatic rings. The van der Waals surface area contributed by atoms with Crippen LogP contribution in [0.2, 0.25) is 0 Å². The highest BCUT2D eigenvalue weighted by atomic mass is 79.9. The molecule has 3 aromatic rings. The molecule has 0 bridgehead atoms. The van der Waals surface area contributed by atoms with E-state index in [-0.39, 0.29) is 5.54 Å². The van der Waals surface area contributed by atoms with Gasteiger partial charge in [0.15, 0.2) is 0 Å². The standard InChI is InChI=1S/C20H22BrN5/c1-20(2,3)26-19-24-17(16-6-4-5-11-22-16)12-18(25-19)23-13-14-7-9-15(21)10-8-14/h4-12H,13H2,1-3H3,(H2,23,24,25,26). The van der Waals surface area contributed by atoms with Crippen molar-refractivity contribution >= 4 is 27.7 Å². The minimum atomic E-state index is -0.133. The number of nitrogens with zero attached hydrogens (tertiary/aromatic N) is 3. The van der Waals surface area contributed by atoms with Crippen LogP contribution >= 0.6 is 15.9 Å². The van der Waals surface area contributed by atoms with E-state index in [2.05, 4.69) is 74.4 Å². The fraction of sp³-hybridized carbons (Fsp3) is 0.250. The molecule has 134 valence electrons. The van der Waals surface area contributed by atoms with E-state index in [1.54, 1.807) is 6.20 Å². The molecule has 2 aromatic heterocycles. The van der Waals surface area contributed by atoms with Crippen LogP contribution in [0.15, 0.2) is 59.2 Å². The maximum absolute atomic E-state index is 4.62. The second kappa shape index (κ2) is 7.83. The summed E-state index contributed by atoms with van der Waals surface area (Å²) in [5.74, 6) is 1.34. The molecule has 3 rings (SSSR count). The summed E-state index contributed by atoms with van der Waals surface area (Å²) < 4.78 is 1.07. The van der Waals surface area contributed by atoms with Crippen molar-refractivity contribution in [1.82, 2.24) is 15.0 Å². The average Bonchev–Trinajstić information content (AvgIpc) is 2.60. The summed E-state index contributed by atoms with van der Waals surface area (Å²) in [4.78, 5) is 13.6. The Hall–Kier alpha value is -2.47. The Balaban J connectivity index is 1.87. The van der Waals surface area contributed by atoms with Crippen molar-refractivity contribution < 1.29 is 0 Å². The van der Waals surface area contributed by atoms with Gasteiger partial charge in [0.05, 0.1) is 11.4 Å². The molecule has 0 saturated carbocycles. The van der Waals surface area contributed by atoms with Gasteiger partial charge in [0.1, 0.15) is 5.82 Å². The van der Waals surface area contributed by atoms with Crippen LogP contribution in [0.3, 0.4) is 0 Å². The van der Waals surface area contributed by atoms with Crippen LogP contribution in [0.1, 0.15) is 26.3 Å². The smallest absolute Gasteiger partial charge is 0.225 e. The lowest BCUT2D eigenvalue weighted by Gasteiger charge is -2.21. The fourth-order valence-electron chi connectivity index (χ4n) is 2.37. The van der Waals surface area contributed by atoms with Crippen LogP contribution < -0.4 is 10.6 Å². The highest BCUT2D eigenvalue weighted by Crippen LogP contribution is 2.22. The molecule has 0 unspecified atom stereocenters. The van der Waals surface area contributed by atoms with E-state index in [1.807, 2.05) is 36.4 Å². The molecule has 0 radical (unpaired) electrons. The van der Waals surface area contributed by atoms with Gasteiger partial charge in [0.2, 0.25) is 5.95 Å². The summed E-state index contributed by atoms with van der Waals surface area (Å²) in [6, 6.07) is 15.9. The second-order valence-corrected chi connectivity index (χ2v) is 7.95. The summed E-state index contributed by atoms with van der Waals surface area (Å²) in [7, 11) is 0. The third kappa shape index (κ3) is 5.26. The Morgan fingerprint density at radius 1 is 0.962 bits per heavy atom. The van der Waals surface area contributed by atoms with Gasteiger partial charge in [-0.1, -0.05) is 34.1 Å². The quantitative estimate of drug-likeness (QED) is 0.609. The van der Waals surface area contributed by atoms with E-state index in [4.69, 9.17) is 0 Å². The minimum absolute atomic E-state index is 0.133. The summed E-state index contributed by atoms with van der Waals surface area (Å²) in [5.41, 5.74) is 2.65. The molecule has 0 aliphatic carbocycles. The Kier molecular flexibility index (Phi) is 5.52. The summed E-state index contributed by atoms with van der Waals surface area (Å²) >= 11 is 3.46. The van der Waals surface area contributed by atoms with E-state index in [0.29, 0.717) is 12.5 Å². The summed E-state index contributed by atoms with van der Waals surface area (Å²) in [6.07, 6.45) is 1.77. The fourth-order valence-corrected chi connectivity index (χ4v) is 2.63. The van der Waals surface area contributed by atoms with Crippen LogP contribution in [0, 0.1) is 0 Å². The zero-order chi connectivity index (χ0) is 18.6. The van der Waals surface area contributed by atoms with Crippen molar-refractivity contribution in [1.29, 1.82) is 0 Å². The molecule has 0 aliphatic heterocycles. The van der Waals surface area contributed by atoms with E-state index in [1.165, 1.54) is 5.56 Å². The number of pyridine rings is 1. The lowest BCUT2D eigenvalue weighted by molar-refractivity contribution is 0.626. The van der Waals surface area contributed by atoms with E-state index in [0.717, 1.165) is 21.7 Å². The SMILES string of the molecule is CC(C)(C)Nc1nc(NCc2ccc(Br)cc2)cc(-c2ccccn2)n1. The summed E-state index contributed by atoms with van der Waals surface area (Å²) in [5, 5.41) is 6.72. The highest BCUT2D eigenvalue weighted by molar-refractivity contribution is 9.10. The van der Waals surface area contributed by atoms with Gasteiger partial charge in [-0.3, -0.25) is 4.98 Å². The Morgan fingerprint density at radius 2 is 1.73 bits per heavy atom. The maximum Gasteiger partial charge on any atom is 0.225 e. The van der Waals surface area contributed by atoms with Gasteiger partial charge in [-0.25, -0.2) is 4.98 Å². The zero-order valence-electron chi connectivity index (χ0n) is 15.1. The van der Waals surface area contributed by atoms with Gasteiger partial charge < -0.3 is 10.6 Å². The molecule has 1 aromatic carbocycles. The van der Waals surface area contributed by atoms with Crippen molar-refractivity contribution in [2.75, 3.05) is 10.6 Å². The molecule has 0 atom stereocenters. The number of benzene rings is 1. The maximum atomic E-state index is 4.62. The van der Waals surface area contributed by atoms with Gasteiger partial charge >= 0.3 is 0 Å². The second-order valence-electron chi connectivity index (χ2n) is 7.03. The van der Waals surface area contributed by atoms with Crippen LogP contribution in [-0.4, -0.2) is 20.5 Å². The molecule has 26 heavy (non-hydrogen) atoms. The van der Waals surface area contributed by atoms with Crippen molar-refractivity contribution in [3.05, 3.63) is 64.8 Å². The topological polar surface area (TPSA) is 62.7 Å². The van der Waals surface area contributed by atoms with Crippen LogP contribution in [-0.2, 0) is 6.54 Å². The van der Waals surface area contributed by atoms with Gasteiger partial charge in [-0.15, -0.1) is 0 Å². The predicted octanol–water partition coefficient (Wildman–Crippen LogP) is 5.12. The van der Waals surface area contributed by atoms with E-state index >= 15 is 0 Å². The number of aromatic nitrogens is 3. The van der Waals surface area contributed by atoms with Crippen molar-refractivity contribution in [2.24, 2.45) is 0 Å². The third-order valence-electron chi connectivity index (χ3n) is 3.53. The molecule has 0 amide bonds. The van der Waals surface area contributed by atoms with Crippen LogP contribution in [0.5, 0.6) is 0 Å². The first-order valence-corrected chi connectivity index (χ1v) is 9.25. The van der Waals surface area contributed by atoms with Gasteiger partial charge in [0, 0.05) is 28.8 Å². The highest BCUT2D eigenvalue weighted by Gasteiger charge is 2.14. The summed E-state index contributed by atoms with van der Waals surface area (Å²) in [6.45, 7) is 6.93. The van der Waals surface area contributed by atoms with Crippen LogP contribution in [0.4, 0.5) is 11.8 Å². The van der Waals surface area contributed by atoms with Gasteiger partial charge in [-0.05, 0) is 50.6 Å². The number of rotatable bonds is 5. The van der Waals surface area contributed by atoms with Crippen molar-refractivity contribution in [3.8, 4) is 11.4 Å². The molecule has 5 nitrogen and oxygen atoms in total. The molecular weight excluding hydrogens is 390 g/mol. The molecular formula is C20H22BrN5. The van der Waals surface area contributed by atoms with Crippen molar-refractivity contribution in [3.63, 3.8) is 0 Å². The molecule has 0 fully saturated rings. The normalized spacial score (nSPS) is 11.2. The molecule has 2 heterocycles. The monoisotopic (exact) mass is 411 g/mol. The lowest BCUT2D eigenvalue weighted by Crippen LogP contribution is -2.27. The van der Waals surface area contributed by atoms with Crippen LogP contribution in [0.25, 0.3) is 11.4 Å². The minimum Gasteiger partial charge on any atom is -0.366 e. The third-order valence-corrected chi connectivity index (χ3v) is 4.06. The van der Waals surface area contributed by atoms with Crippen molar-refractivity contribution in [2.45, 2.75) is 32.9 Å². The number of hydrogen-bond acceptors (Lipinski definition) is 5. The molecule has 0 spiro atoms. The Labute approximate surface area is 162 Å². The predicted molar refractivity (Wildman–Crippen MR) is 110 cm³/mol. The number of anilines is 2. The first kappa shape index (κ1) is 18.3. The zero-order valence-corrected chi connectivity index (χ0v) is 16.7. The number of nitrogens with one attached hydrogen (secondary N) is 2.